The quantitative estimate of drug-likeness (QED) is 0.314. The Morgan fingerprint density at radius 1 is 0.905 bits per heavy atom. The molecule has 0 radical (unpaired) electrons. The van der Waals surface area contributed by atoms with Crippen molar-refractivity contribution in [3.8, 4) is 0 Å². The van der Waals surface area contributed by atoms with Crippen molar-refractivity contribution in [1.82, 2.24) is 4.90 Å². The Bertz CT molecular complexity index is 247. The Morgan fingerprint density at radius 2 is 1.24 bits per heavy atom. The smallest absolute Gasteiger partial charge is 1.00 e. The van der Waals surface area contributed by atoms with E-state index in [0.717, 1.165) is 25.9 Å². The van der Waals surface area contributed by atoms with Crippen LogP contribution in [0.4, 0.5) is 9.59 Å². The van der Waals surface area contributed by atoms with E-state index < -0.39 is 5.24 Å². The summed E-state index contributed by atoms with van der Waals surface area (Å²) in [6.45, 7) is 6.17. The van der Waals surface area contributed by atoms with Crippen LogP contribution in [0.25, 0.3) is 0 Å². The van der Waals surface area contributed by atoms with Gasteiger partial charge < -0.3 is 12.1 Å². The summed E-state index contributed by atoms with van der Waals surface area (Å²) in [4.78, 5) is 22.2. The second kappa shape index (κ2) is 21.3. The first-order valence-electron chi connectivity index (χ1n) is 7.41. The van der Waals surface area contributed by atoms with Crippen molar-refractivity contribution in [2.24, 2.45) is 5.73 Å². The summed E-state index contributed by atoms with van der Waals surface area (Å²) in [6.07, 6.45) is 9.71. The van der Waals surface area contributed by atoms with Crippen LogP contribution < -0.4 is 57.1 Å². The van der Waals surface area contributed by atoms with E-state index in [9.17, 15) is 4.79 Å². The van der Waals surface area contributed by atoms with Gasteiger partial charge in [-0.1, -0.05) is 77.6 Å². The van der Waals surface area contributed by atoms with E-state index in [-0.39, 0.29) is 58.1 Å². The maximum Gasteiger partial charge on any atom is 1.00 e. The van der Waals surface area contributed by atoms with Gasteiger partial charge in [0.1, 0.15) is 0 Å². The zero-order valence-electron chi connectivity index (χ0n) is 14.8. The van der Waals surface area contributed by atoms with E-state index in [1.807, 2.05) is 4.90 Å². The molecule has 0 atom stereocenters. The maximum absolute atomic E-state index is 11.3. The summed E-state index contributed by atoms with van der Waals surface area (Å²) in [5.74, 6) is 0. The Hall–Kier alpha value is 1.28. The molecule has 122 valence electrons. The molecule has 0 aliphatic carbocycles. The number of rotatable bonds is 10. The van der Waals surface area contributed by atoms with Gasteiger partial charge in [-0.2, -0.15) is 0 Å². The molecule has 0 aliphatic heterocycles. The Kier molecular flexibility index (Phi) is 27.5. The molecule has 2 N–H and O–H groups in total. The van der Waals surface area contributed by atoms with Crippen LogP contribution in [-0.2, 0) is 0 Å². The number of thiol groups is 2. The molecule has 0 aromatic carbocycles. The standard InChI is InChI=1S/C13H27NOS.CH3NOS.K.H/c1-3-5-7-9-11-14(13(15)16)12-10-8-6-4-2;2-1(3)4;;/h3-12H2,1-2H3,(H,15,16);(H3,2,3,4);;/q;;+1;-1. The van der Waals surface area contributed by atoms with E-state index in [4.69, 9.17) is 4.79 Å². The fourth-order valence-electron chi connectivity index (χ4n) is 1.76. The molecule has 7 heteroatoms. The van der Waals surface area contributed by atoms with E-state index in [1.54, 1.807) is 0 Å². The average molecular weight is 363 g/mol. The molecular weight excluding hydrogens is 331 g/mol. The molecule has 0 aromatic rings. The zero-order chi connectivity index (χ0) is 15.8. The molecule has 0 bridgehead atoms. The number of hydrogen-bond donors (Lipinski definition) is 3. The molecule has 0 aromatic heterocycles. The largest absolute Gasteiger partial charge is 1.00 e. The van der Waals surface area contributed by atoms with E-state index in [2.05, 4.69) is 44.8 Å². The summed E-state index contributed by atoms with van der Waals surface area (Å²) < 4.78 is 0. The van der Waals surface area contributed by atoms with Crippen molar-refractivity contribution >= 4 is 35.7 Å². The SMILES string of the molecule is CCCCCCN(CCCCCC)C(=O)S.NC(=O)S.[H-].[K+]. The molecule has 0 aliphatic rings. The van der Waals surface area contributed by atoms with Gasteiger partial charge in [-0.3, -0.25) is 9.59 Å². The minimum absolute atomic E-state index is 0. The maximum atomic E-state index is 11.3. The molecule has 0 unspecified atom stereocenters. The summed E-state index contributed by atoms with van der Waals surface area (Å²) in [5.41, 5.74) is 4.34. The Balaban J connectivity index is -0.000000240. The first-order valence-corrected chi connectivity index (χ1v) is 8.31. The normalized spacial score (nSPS) is 9.14. The molecular formula is C14H31KN2O2S2. The number of hydrogen-bond acceptors (Lipinski definition) is 2. The van der Waals surface area contributed by atoms with Crippen LogP contribution in [-0.4, -0.2) is 28.5 Å². The van der Waals surface area contributed by atoms with E-state index in [1.165, 1.54) is 38.5 Å². The number of carbonyl (C=O) groups excluding carboxylic acids is 2. The molecule has 0 heterocycles. The molecule has 0 rings (SSSR count). The number of nitrogens with zero attached hydrogens (tertiary/aromatic N) is 1. The third-order valence-electron chi connectivity index (χ3n) is 2.83. The van der Waals surface area contributed by atoms with Crippen molar-refractivity contribution < 1.29 is 62.4 Å². The number of nitrogens with two attached hydrogens (primary N) is 1. The molecule has 2 amide bonds. The van der Waals surface area contributed by atoms with Crippen molar-refractivity contribution in [3.63, 3.8) is 0 Å². The zero-order valence-corrected chi connectivity index (χ0v) is 18.7. The van der Waals surface area contributed by atoms with Gasteiger partial charge in [-0.15, -0.1) is 0 Å². The predicted octanol–water partition coefficient (Wildman–Crippen LogP) is 1.61. The number of carbonyl (C=O) groups is 2. The van der Waals surface area contributed by atoms with Crippen molar-refractivity contribution in [2.75, 3.05) is 13.1 Å². The summed E-state index contributed by atoms with van der Waals surface area (Å²) >= 11 is 7.04. The second-order valence-electron chi connectivity index (χ2n) is 4.73. The van der Waals surface area contributed by atoms with Crippen molar-refractivity contribution in [3.05, 3.63) is 0 Å². The summed E-state index contributed by atoms with van der Waals surface area (Å²) in [6, 6.07) is 0. The van der Waals surface area contributed by atoms with Gasteiger partial charge in [0.05, 0.1) is 0 Å². The minimum atomic E-state index is -0.639. The average Bonchev–Trinajstić information content (AvgIpc) is 2.36. The van der Waals surface area contributed by atoms with Gasteiger partial charge >= 0.3 is 51.4 Å². The van der Waals surface area contributed by atoms with Gasteiger partial charge in [0.15, 0.2) is 0 Å². The van der Waals surface area contributed by atoms with Crippen molar-refractivity contribution in [1.29, 1.82) is 0 Å². The third kappa shape index (κ3) is 26.5. The minimum Gasteiger partial charge on any atom is -1.00 e. The van der Waals surface area contributed by atoms with Crippen LogP contribution in [0.1, 0.15) is 66.6 Å². The van der Waals surface area contributed by atoms with Gasteiger partial charge in [0.25, 0.3) is 10.5 Å². The predicted molar refractivity (Wildman–Crippen MR) is 93.9 cm³/mol. The number of unbranched alkanes of at least 4 members (excludes halogenated alkanes) is 6. The first-order chi connectivity index (χ1) is 9.45. The Labute approximate surface area is 185 Å². The van der Waals surface area contributed by atoms with Crippen LogP contribution in [0.15, 0.2) is 0 Å². The number of primary amides is 1. The molecule has 0 spiro atoms. The second-order valence-corrected chi connectivity index (χ2v) is 5.55. The first kappa shape index (κ1) is 27.1. The van der Waals surface area contributed by atoms with Gasteiger partial charge in [-0.25, -0.2) is 0 Å². The summed E-state index contributed by atoms with van der Waals surface area (Å²) in [5, 5.41) is -0.701. The van der Waals surface area contributed by atoms with Crippen LogP contribution in [0.3, 0.4) is 0 Å². The molecule has 0 saturated carbocycles. The van der Waals surface area contributed by atoms with E-state index in [0.29, 0.717) is 0 Å². The van der Waals surface area contributed by atoms with E-state index >= 15 is 0 Å². The fraction of sp³-hybridized carbons (Fsp3) is 0.857. The fourth-order valence-corrected chi connectivity index (χ4v) is 1.96. The van der Waals surface area contributed by atoms with Crippen LogP contribution >= 0.6 is 25.3 Å². The third-order valence-corrected chi connectivity index (χ3v) is 3.12. The summed E-state index contributed by atoms with van der Waals surface area (Å²) in [7, 11) is 0. The Morgan fingerprint density at radius 3 is 1.48 bits per heavy atom. The van der Waals surface area contributed by atoms with Crippen LogP contribution in [0.5, 0.6) is 0 Å². The molecule has 0 saturated heterocycles. The monoisotopic (exact) mass is 362 g/mol. The molecule has 21 heavy (non-hydrogen) atoms. The van der Waals surface area contributed by atoms with Crippen LogP contribution in [0, 0.1) is 0 Å². The van der Waals surface area contributed by atoms with Crippen molar-refractivity contribution in [2.45, 2.75) is 65.2 Å². The molecule has 0 fully saturated rings. The van der Waals surface area contributed by atoms with Gasteiger partial charge in [-0.05, 0) is 12.8 Å². The van der Waals surface area contributed by atoms with Crippen LogP contribution in [0.2, 0.25) is 0 Å². The topological polar surface area (TPSA) is 63.4 Å². The molecule has 4 nitrogen and oxygen atoms in total. The van der Waals surface area contributed by atoms with Gasteiger partial charge in [0.2, 0.25) is 0 Å². The number of amides is 2. The van der Waals surface area contributed by atoms with Gasteiger partial charge in [0, 0.05) is 13.1 Å².